The monoisotopic (exact) mass is 350 g/mol. The van der Waals surface area contributed by atoms with Crippen LogP contribution in [0, 0.1) is 0 Å². The minimum absolute atomic E-state index is 0.0643. The summed E-state index contributed by atoms with van der Waals surface area (Å²) in [5, 5.41) is 2.78. The molecule has 2 amide bonds. The predicted molar refractivity (Wildman–Crippen MR) is 92.4 cm³/mol. The van der Waals surface area contributed by atoms with Crippen LogP contribution in [-0.4, -0.2) is 18.0 Å². The van der Waals surface area contributed by atoms with Gasteiger partial charge in [-0.3, -0.25) is 0 Å². The standard InChI is InChI=1S/C19H21F3N2O/c1-3-8-14-9-5-7-12-17(14)23-18(25)24(2)13-15-10-4-6-11-16(15)19(20,21)22/h4-7,9-12H,3,8,13H2,1-2H3,(H,23,25). The lowest BCUT2D eigenvalue weighted by Crippen LogP contribution is -2.32. The minimum Gasteiger partial charge on any atom is -0.323 e. The topological polar surface area (TPSA) is 32.3 Å². The van der Waals surface area contributed by atoms with E-state index in [0.29, 0.717) is 5.69 Å². The summed E-state index contributed by atoms with van der Waals surface area (Å²) in [5.74, 6) is 0. The van der Waals surface area contributed by atoms with E-state index in [1.165, 1.54) is 30.1 Å². The molecule has 2 aromatic carbocycles. The summed E-state index contributed by atoms with van der Waals surface area (Å²) >= 11 is 0. The molecule has 0 atom stereocenters. The molecule has 134 valence electrons. The van der Waals surface area contributed by atoms with Gasteiger partial charge in [0.2, 0.25) is 0 Å². The summed E-state index contributed by atoms with van der Waals surface area (Å²) in [7, 11) is 1.48. The molecule has 0 unspecified atom stereocenters. The summed E-state index contributed by atoms with van der Waals surface area (Å²) in [6, 6.07) is 12.3. The van der Waals surface area contributed by atoms with E-state index in [1.54, 1.807) is 6.07 Å². The molecule has 0 bridgehead atoms. The maximum absolute atomic E-state index is 13.1. The Morgan fingerprint density at radius 1 is 1.04 bits per heavy atom. The highest BCUT2D eigenvalue weighted by atomic mass is 19.4. The van der Waals surface area contributed by atoms with Gasteiger partial charge in [-0.1, -0.05) is 49.7 Å². The second-order valence-electron chi connectivity index (χ2n) is 5.85. The van der Waals surface area contributed by atoms with Crippen LogP contribution in [0.3, 0.4) is 0 Å². The van der Waals surface area contributed by atoms with Crippen LogP contribution in [0.1, 0.15) is 30.0 Å². The van der Waals surface area contributed by atoms with Crippen molar-refractivity contribution in [1.29, 1.82) is 0 Å². The van der Waals surface area contributed by atoms with Crippen LogP contribution in [0.2, 0.25) is 0 Å². The van der Waals surface area contributed by atoms with Crippen molar-refractivity contribution in [3.05, 3.63) is 65.2 Å². The van der Waals surface area contributed by atoms with Gasteiger partial charge in [-0.2, -0.15) is 13.2 Å². The lowest BCUT2D eigenvalue weighted by atomic mass is 10.1. The molecule has 2 rings (SSSR count). The van der Waals surface area contributed by atoms with Crippen molar-refractivity contribution in [2.24, 2.45) is 0 Å². The minimum atomic E-state index is -4.44. The normalized spacial score (nSPS) is 11.2. The Bertz CT molecular complexity index is 729. The molecule has 0 spiro atoms. The molecular weight excluding hydrogens is 329 g/mol. The van der Waals surface area contributed by atoms with Crippen molar-refractivity contribution >= 4 is 11.7 Å². The smallest absolute Gasteiger partial charge is 0.323 e. The maximum atomic E-state index is 13.1. The number of alkyl halides is 3. The third-order valence-corrected chi connectivity index (χ3v) is 3.86. The first-order valence-electron chi connectivity index (χ1n) is 8.08. The average Bonchev–Trinajstić information content (AvgIpc) is 2.56. The molecule has 0 aliphatic rings. The average molecular weight is 350 g/mol. The van der Waals surface area contributed by atoms with Gasteiger partial charge in [-0.25, -0.2) is 4.79 Å². The predicted octanol–water partition coefficient (Wildman–Crippen LogP) is 5.32. The fraction of sp³-hybridized carbons (Fsp3) is 0.316. The van der Waals surface area contributed by atoms with E-state index in [2.05, 4.69) is 5.32 Å². The molecule has 1 N–H and O–H groups in total. The Kier molecular flexibility index (Phi) is 6.07. The molecule has 0 aliphatic carbocycles. The highest BCUT2D eigenvalue weighted by Crippen LogP contribution is 2.32. The van der Waals surface area contributed by atoms with E-state index in [0.717, 1.165) is 24.5 Å². The first kappa shape index (κ1) is 18.8. The van der Waals surface area contributed by atoms with Crippen LogP contribution in [0.5, 0.6) is 0 Å². The molecule has 0 aromatic heterocycles. The number of hydrogen-bond acceptors (Lipinski definition) is 1. The number of halogens is 3. The molecule has 0 fully saturated rings. The lowest BCUT2D eigenvalue weighted by Gasteiger charge is -2.21. The fourth-order valence-electron chi connectivity index (χ4n) is 2.60. The largest absolute Gasteiger partial charge is 0.416 e. The van der Waals surface area contributed by atoms with Crippen LogP contribution in [0.4, 0.5) is 23.7 Å². The number of hydrogen-bond donors (Lipinski definition) is 1. The third-order valence-electron chi connectivity index (χ3n) is 3.86. The van der Waals surface area contributed by atoms with Gasteiger partial charge in [0.25, 0.3) is 0 Å². The van der Waals surface area contributed by atoms with E-state index in [1.807, 2.05) is 25.1 Å². The number of urea groups is 1. The Balaban J connectivity index is 2.12. The van der Waals surface area contributed by atoms with Crippen molar-refractivity contribution < 1.29 is 18.0 Å². The number of amides is 2. The lowest BCUT2D eigenvalue weighted by molar-refractivity contribution is -0.138. The second-order valence-corrected chi connectivity index (χ2v) is 5.85. The van der Waals surface area contributed by atoms with Gasteiger partial charge >= 0.3 is 12.2 Å². The number of nitrogens with one attached hydrogen (secondary N) is 1. The van der Waals surface area contributed by atoms with Gasteiger partial charge in [0, 0.05) is 19.3 Å². The summed E-state index contributed by atoms with van der Waals surface area (Å²) in [4.78, 5) is 13.6. The molecule has 0 aliphatic heterocycles. The van der Waals surface area contributed by atoms with E-state index in [-0.39, 0.29) is 12.1 Å². The molecule has 0 radical (unpaired) electrons. The van der Waals surface area contributed by atoms with Crippen LogP contribution >= 0.6 is 0 Å². The van der Waals surface area contributed by atoms with Crippen LogP contribution in [0.25, 0.3) is 0 Å². The number of nitrogens with zero attached hydrogens (tertiary/aromatic N) is 1. The fourth-order valence-corrected chi connectivity index (χ4v) is 2.60. The van der Waals surface area contributed by atoms with E-state index in [9.17, 15) is 18.0 Å². The first-order valence-corrected chi connectivity index (χ1v) is 8.08. The van der Waals surface area contributed by atoms with Gasteiger partial charge < -0.3 is 10.2 Å². The number of carbonyl (C=O) groups is 1. The van der Waals surface area contributed by atoms with Crippen LogP contribution in [-0.2, 0) is 19.1 Å². The summed E-state index contributed by atoms with van der Waals surface area (Å²) in [5.41, 5.74) is 1.03. The molecule has 0 heterocycles. The zero-order valence-corrected chi connectivity index (χ0v) is 14.2. The number of anilines is 1. The van der Waals surface area contributed by atoms with E-state index in [4.69, 9.17) is 0 Å². The summed E-state index contributed by atoms with van der Waals surface area (Å²) in [6.45, 7) is 1.91. The van der Waals surface area contributed by atoms with Crippen molar-refractivity contribution in [2.75, 3.05) is 12.4 Å². The van der Waals surface area contributed by atoms with Crippen molar-refractivity contribution in [1.82, 2.24) is 4.90 Å². The molecule has 3 nitrogen and oxygen atoms in total. The second kappa shape index (κ2) is 8.05. The maximum Gasteiger partial charge on any atom is 0.416 e. The van der Waals surface area contributed by atoms with Crippen molar-refractivity contribution in [3.63, 3.8) is 0 Å². The van der Waals surface area contributed by atoms with Gasteiger partial charge in [0.1, 0.15) is 0 Å². The number of rotatable bonds is 5. The molecule has 6 heteroatoms. The Morgan fingerprint density at radius 3 is 2.28 bits per heavy atom. The summed E-state index contributed by atoms with van der Waals surface area (Å²) in [6.07, 6.45) is -2.69. The summed E-state index contributed by atoms with van der Waals surface area (Å²) < 4.78 is 39.2. The molecule has 2 aromatic rings. The van der Waals surface area contributed by atoms with Crippen LogP contribution < -0.4 is 5.32 Å². The number of benzene rings is 2. The molecular formula is C19H21F3N2O. The Hall–Kier alpha value is -2.50. The molecule has 25 heavy (non-hydrogen) atoms. The van der Waals surface area contributed by atoms with Crippen LogP contribution in [0.15, 0.2) is 48.5 Å². The van der Waals surface area contributed by atoms with Gasteiger partial charge in [0.15, 0.2) is 0 Å². The SMILES string of the molecule is CCCc1ccccc1NC(=O)N(C)Cc1ccccc1C(F)(F)F. The zero-order valence-electron chi connectivity index (χ0n) is 14.2. The van der Waals surface area contributed by atoms with E-state index >= 15 is 0 Å². The Labute approximate surface area is 145 Å². The third kappa shape index (κ3) is 4.98. The molecule has 0 saturated heterocycles. The van der Waals surface area contributed by atoms with Crippen molar-refractivity contribution in [2.45, 2.75) is 32.5 Å². The number of aryl methyl sites for hydroxylation is 1. The van der Waals surface area contributed by atoms with Crippen molar-refractivity contribution in [3.8, 4) is 0 Å². The number of carbonyl (C=O) groups excluding carboxylic acids is 1. The van der Waals surface area contributed by atoms with Gasteiger partial charge in [-0.15, -0.1) is 0 Å². The highest BCUT2D eigenvalue weighted by molar-refractivity contribution is 5.90. The molecule has 0 saturated carbocycles. The van der Waals surface area contributed by atoms with E-state index < -0.39 is 17.8 Å². The number of para-hydroxylation sites is 1. The first-order chi connectivity index (χ1) is 11.8. The van der Waals surface area contributed by atoms with Gasteiger partial charge in [-0.05, 0) is 29.7 Å². The quantitative estimate of drug-likeness (QED) is 0.777. The Morgan fingerprint density at radius 2 is 1.64 bits per heavy atom. The highest BCUT2D eigenvalue weighted by Gasteiger charge is 2.33. The van der Waals surface area contributed by atoms with Gasteiger partial charge in [0.05, 0.1) is 5.56 Å². The zero-order chi connectivity index (χ0) is 18.4.